The van der Waals surface area contributed by atoms with Gasteiger partial charge in [-0.05, 0) is 49.4 Å². The summed E-state index contributed by atoms with van der Waals surface area (Å²) in [6, 6.07) is 14.0. The molecule has 0 spiro atoms. The number of likely N-dealkylation sites (N-methyl/N-ethyl adjacent to an activating group) is 1. The van der Waals surface area contributed by atoms with E-state index in [9.17, 15) is 9.59 Å². The highest BCUT2D eigenvalue weighted by atomic mass is 79.9. The largest absolute Gasteiger partial charge is 0.484 e. The maximum Gasteiger partial charge on any atom is 0.257 e. The van der Waals surface area contributed by atoms with Gasteiger partial charge in [0.05, 0.1) is 0 Å². The van der Waals surface area contributed by atoms with E-state index in [2.05, 4.69) is 26.6 Å². The SMILES string of the molecule is CCNC(=O)COc1ccc(NC(=O)c2cccc(Br)c2)cc1. The molecule has 0 heterocycles. The summed E-state index contributed by atoms with van der Waals surface area (Å²) >= 11 is 3.34. The van der Waals surface area contributed by atoms with Crippen molar-refractivity contribution in [3.8, 4) is 5.75 Å². The van der Waals surface area contributed by atoms with Gasteiger partial charge in [-0.25, -0.2) is 0 Å². The van der Waals surface area contributed by atoms with Crippen LogP contribution in [0, 0.1) is 0 Å². The molecule has 0 aliphatic carbocycles. The molecule has 0 bridgehead atoms. The molecule has 2 N–H and O–H groups in total. The summed E-state index contributed by atoms with van der Waals surface area (Å²) in [5, 5.41) is 5.45. The van der Waals surface area contributed by atoms with Gasteiger partial charge in [-0.3, -0.25) is 9.59 Å². The average molecular weight is 377 g/mol. The van der Waals surface area contributed by atoms with E-state index in [0.717, 1.165) is 4.47 Å². The number of ether oxygens (including phenoxy) is 1. The highest BCUT2D eigenvalue weighted by molar-refractivity contribution is 9.10. The molecule has 5 nitrogen and oxygen atoms in total. The van der Waals surface area contributed by atoms with Crippen LogP contribution in [0.4, 0.5) is 5.69 Å². The average Bonchev–Trinajstić information content (AvgIpc) is 2.54. The van der Waals surface area contributed by atoms with Crippen LogP contribution in [0.1, 0.15) is 17.3 Å². The van der Waals surface area contributed by atoms with E-state index in [1.54, 1.807) is 42.5 Å². The summed E-state index contributed by atoms with van der Waals surface area (Å²) in [5.41, 5.74) is 1.22. The lowest BCUT2D eigenvalue weighted by Gasteiger charge is -2.08. The van der Waals surface area contributed by atoms with Gasteiger partial charge in [0, 0.05) is 22.3 Å². The van der Waals surface area contributed by atoms with E-state index in [1.165, 1.54) is 0 Å². The number of carbonyl (C=O) groups excluding carboxylic acids is 2. The predicted molar refractivity (Wildman–Crippen MR) is 92.7 cm³/mol. The Morgan fingerprint density at radius 2 is 1.87 bits per heavy atom. The quantitative estimate of drug-likeness (QED) is 0.813. The zero-order chi connectivity index (χ0) is 16.7. The van der Waals surface area contributed by atoms with Gasteiger partial charge in [0.25, 0.3) is 11.8 Å². The summed E-state index contributed by atoms with van der Waals surface area (Å²) in [7, 11) is 0. The van der Waals surface area contributed by atoms with Gasteiger partial charge in [-0.1, -0.05) is 22.0 Å². The van der Waals surface area contributed by atoms with Gasteiger partial charge in [0.15, 0.2) is 6.61 Å². The van der Waals surface area contributed by atoms with Gasteiger partial charge < -0.3 is 15.4 Å². The molecule has 0 aliphatic heterocycles. The van der Waals surface area contributed by atoms with E-state index in [-0.39, 0.29) is 18.4 Å². The summed E-state index contributed by atoms with van der Waals surface area (Å²) in [4.78, 5) is 23.4. The molecule has 2 rings (SSSR count). The smallest absolute Gasteiger partial charge is 0.257 e. The van der Waals surface area contributed by atoms with Crippen LogP contribution in [0.25, 0.3) is 0 Å². The summed E-state index contributed by atoms with van der Waals surface area (Å²) in [6.07, 6.45) is 0. The molecule has 120 valence electrons. The van der Waals surface area contributed by atoms with Crippen LogP contribution in [0.3, 0.4) is 0 Å². The van der Waals surface area contributed by atoms with Crippen molar-refractivity contribution in [2.45, 2.75) is 6.92 Å². The van der Waals surface area contributed by atoms with Gasteiger partial charge in [-0.15, -0.1) is 0 Å². The number of amides is 2. The zero-order valence-electron chi connectivity index (χ0n) is 12.6. The van der Waals surface area contributed by atoms with E-state index in [4.69, 9.17) is 4.74 Å². The number of hydrogen-bond donors (Lipinski definition) is 2. The Bertz CT molecular complexity index is 686. The third-order valence-electron chi connectivity index (χ3n) is 2.94. The number of benzene rings is 2. The van der Waals surface area contributed by atoms with Crippen LogP contribution in [-0.4, -0.2) is 25.0 Å². The fraction of sp³-hybridized carbons (Fsp3) is 0.176. The minimum atomic E-state index is -0.192. The van der Waals surface area contributed by atoms with Gasteiger partial charge in [-0.2, -0.15) is 0 Å². The van der Waals surface area contributed by atoms with Crippen molar-refractivity contribution in [2.75, 3.05) is 18.5 Å². The maximum absolute atomic E-state index is 12.1. The summed E-state index contributed by atoms with van der Waals surface area (Å²) in [6.45, 7) is 2.39. The standard InChI is InChI=1S/C17H17BrN2O3/c1-2-19-16(21)11-23-15-8-6-14(7-9-15)20-17(22)12-4-3-5-13(18)10-12/h3-10H,2,11H2,1H3,(H,19,21)(H,20,22). The van der Waals surface area contributed by atoms with Crippen LogP contribution in [0.15, 0.2) is 53.0 Å². The molecule has 2 aromatic carbocycles. The minimum Gasteiger partial charge on any atom is -0.484 e. The van der Waals surface area contributed by atoms with Gasteiger partial charge in [0.2, 0.25) is 0 Å². The third kappa shape index (κ3) is 5.41. The number of rotatable bonds is 6. The molecule has 0 aromatic heterocycles. The fourth-order valence-corrected chi connectivity index (χ4v) is 2.26. The lowest BCUT2D eigenvalue weighted by molar-refractivity contribution is -0.122. The molecule has 2 amide bonds. The van der Waals surface area contributed by atoms with Crippen LogP contribution in [0.5, 0.6) is 5.75 Å². The molecule has 0 aliphatic rings. The zero-order valence-corrected chi connectivity index (χ0v) is 14.2. The Kier molecular flexibility index (Phi) is 6.17. The van der Waals surface area contributed by atoms with Crippen molar-refractivity contribution in [1.29, 1.82) is 0 Å². The number of carbonyl (C=O) groups is 2. The van der Waals surface area contributed by atoms with E-state index >= 15 is 0 Å². The first-order chi connectivity index (χ1) is 11.1. The van der Waals surface area contributed by atoms with Crippen molar-refractivity contribution in [3.05, 3.63) is 58.6 Å². The number of nitrogens with one attached hydrogen (secondary N) is 2. The molecule has 0 saturated carbocycles. The summed E-state index contributed by atoms with van der Waals surface area (Å²) in [5.74, 6) is 0.207. The highest BCUT2D eigenvalue weighted by Gasteiger charge is 2.07. The van der Waals surface area contributed by atoms with Crippen molar-refractivity contribution in [2.24, 2.45) is 0 Å². The number of anilines is 1. The first kappa shape index (κ1) is 17.0. The normalized spacial score (nSPS) is 10.0. The third-order valence-corrected chi connectivity index (χ3v) is 3.44. The monoisotopic (exact) mass is 376 g/mol. The number of halogens is 1. The second-order valence-electron chi connectivity index (χ2n) is 4.73. The fourth-order valence-electron chi connectivity index (χ4n) is 1.86. The van der Waals surface area contributed by atoms with E-state index in [1.807, 2.05) is 13.0 Å². The van der Waals surface area contributed by atoms with Crippen molar-refractivity contribution >= 4 is 33.4 Å². The molecule has 0 atom stereocenters. The van der Waals surface area contributed by atoms with Crippen LogP contribution < -0.4 is 15.4 Å². The Hall–Kier alpha value is -2.34. The Balaban J connectivity index is 1.92. The molecule has 6 heteroatoms. The molecule has 23 heavy (non-hydrogen) atoms. The molecule has 0 saturated heterocycles. The molecule has 0 fully saturated rings. The second kappa shape index (κ2) is 8.33. The Labute approximate surface area is 143 Å². The van der Waals surface area contributed by atoms with E-state index in [0.29, 0.717) is 23.5 Å². The lowest BCUT2D eigenvalue weighted by Crippen LogP contribution is -2.28. The van der Waals surface area contributed by atoms with Crippen LogP contribution >= 0.6 is 15.9 Å². The molecule has 0 unspecified atom stereocenters. The summed E-state index contributed by atoms with van der Waals surface area (Å²) < 4.78 is 6.20. The Morgan fingerprint density at radius 3 is 2.52 bits per heavy atom. The lowest BCUT2D eigenvalue weighted by atomic mass is 10.2. The minimum absolute atomic E-state index is 0.0302. The first-order valence-corrected chi connectivity index (χ1v) is 7.94. The van der Waals surface area contributed by atoms with E-state index < -0.39 is 0 Å². The highest BCUT2D eigenvalue weighted by Crippen LogP contribution is 2.17. The second-order valence-corrected chi connectivity index (χ2v) is 5.65. The van der Waals surface area contributed by atoms with Crippen molar-refractivity contribution < 1.29 is 14.3 Å². The molecular weight excluding hydrogens is 360 g/mol. The van der Waals surface area contributed by atoms with Gasteiger partial charge >= 0.3 is 0 Å². The van der Waals surface area contributed by atoms with Crippen LogP contribution in [0.2, 0.25) is 0 Å². The van der Waals surface area contributed by atoms with Crippen molar-refractivity contribution in [1.82, 2.24) is 5.32 Å². The maximum atomic E-state index is 12.1. The van der Waals surface area contributed by atoms with Crippen LogP contribution in [-0.2, 0) is 4.79 Å². The van der Waals surface area contributed by atoms with Crippen molar-refractivity contribution in [3.63, 3.8) is 0 Å². The van der Waals surface area contributed by atoms with Gasteiger partial charge in [0.1, 0.15) is 5.75 Å². The topological polar surface area (TPSA) is 67.4 Å². The predicted octanol–water partition coefficient (Wildman–Crippen LogP) is 3.22. The Morgan fingerprint density at radius 1 is 1.13 bits per heavy atom. The molecular formula is C17H17BrN2O3. The molecule has 2 aromatic rings. The molecule has 0 radical (unpaired) electrons. The number of hydrogen-bond acceptors (Lipinski definition) is 3. The first-order valence-electron chi connectivity index (χ1n) is 7.15.